The molecule has 1 aliphatic rings. The van der Waals surface area contributed by atoms with Crippen molar-refractivity contribution in [3.8, 4) is 11.3 Å². The number of rotatable bonds is 10. The molecule has 2 heterocycles. The lowest BCUT2D eigenvalue weighted by atomic mass is 9.90. The zero-order valence-corrected chi connectivity index (χ0v) is 22.6. The number of nitrogens with one attached hydrogen (secondary N) is 1. The van der Waals surface area contributed by atoms with Crippen molar-refractivity contribution in [2.75, 3.05) is 13.1 Å². The summed E-state index contributed by atoms with van der Waals surface area (Å²) in [4.78, 5) is 25.2. The Balaban J connectivity index is 0.000000867. The number of fused-ring (bicyclic) bond motifs is 3. The van der Waals surface area contributed by atoms with Crippen LogP contribution in [0.1, 0.15) is 51.7 Å². The Morgan fingerprint density at radius 1 is 0.950 bits per heavy atom. The second-order valence-corrected chi connectivity index (χ2v) is 9.60. The maximum Gasteiger partial charge on any atom is 0.354 e. The van der Waals surface area contributed by atoms with Gasteiger partial charge in [0.15, 0.2) is 0 Å². The smallest absolute Gasteiger partial charge is 0.354 e. The Kier molecular flexibility index (Phi) is 9.96. The van der Waals surface area contributed by atoms with Crippen molar-refractivity contribution in [1.82, 2.24) is 20.1 Å². The molecule has 0 amide bonds. The number of aryl methyl sites for hydroxylation is 2. The van der Waals surface area contributed by atoms with Gasteiger partial charge in [-0.05, 0) is 67.1 Å². The van der Waals surface area contributed by atoms with Gasteiger partial charge in [-0.3, -0.25) is 14.5 Å². The zero-order valence-electron chi connectivity index (χ0n) is 22.6. The van der Waals surface area contributed by atoms with E-state index in [-0.39, 0.29) is 0 Å². The molecule has 0 unspecified atom stereocenters. The van der Waals surface area contributed by atoms with Gasteiger partial charge < -0.3 is 15.5 Å². The van der Waals surface area contributed by atoms with Crippen molar-refractivity contribution in [3.05, 3.63) is 107 Å². The standard InChI is InChI=1S/C30H30N4O2.C2H4O2/c35-30(36)29-27-14-13-25-21-32-19-16-26(25)28(27)33-34(29)20-4-17-31-18-15-24-11-9-23(10-12-24)8-7-22-5-2-1-3-6-22;1-2(3)4/h1-3,5-12,16,19,21,31H,4,13-15,17-18,20H2,(H,35,36);1H3,(H,3,4)/b8-7+;. The summed E-state index contributed by atoms with van der Waals surface area (Å²) in [6.45, 7) is 3.34. The van der Waals surface area contributed by atoms with Gasteiger partial charge in [0.2, 0.25) is 0 Å². The Bertz CT molecular complexity index is 1460. The SMILES string of the molecule is CC(=O)O.O=C(O)c1c2c(nn1CCCNCCc1ccc(/C=C/c3ccccc3)cc1)-c1ccncc1CC2. The van der Waals surface area contributed by atoms with Gasteiger partial charge in [0.05, 0.1) is 5.69 Å². The summed E-state index contributed by atoms with van der Waals surface area (Å²) in [6, 6.07) is 20.9. The highest BCUT2D eigenvalue weighted by Gasteiger charge is 2.27. The van der Waals surface area contributed by atoms with Crippen molar-refractivity contribution in [1.29, 1.82) is 0 Å². The van der Waals surface area contributed by atoms with E-state index in [0.29, 0.717) is 18.7 Å². The van der Waals surface area contributed by atoms with Crippen LogP contribution in [0.25, 0.3) is 23.4 Å². The van der Waals surface area contributed by atoms with Gasteiger partial charge in [-0.1, -0.05) is 66.7 Å². The first kappa shape index (κ1) is 28.4. The molecule has 0 saturated carbocycles. The fourth-order valence-corrected chi connectivity index (χ4v) is 4.73. The fraction of sp³-hybridized carbons (Fsp3) is 0.250. The molecule has 1 aliphatic carbocycles. The number of nitrogens with zero attached hydrogens (tertiary/aromatic N) is 3. The van der Waals surface area contributed by atoms with Crippen LogP contribution in [0.5, 0.6) is 0 Å². The van der Waals surface area contributed by atoms with E-state index in [2.05, 4.69) is 58.9 Å². The minimum atomic E-state index is -0.906. The molecule has 0 spiro atoms. The highest BCUT2D eigenvalue weighted by molar-refractivity contribution is 5.90. The van der Waals surface area contributed by atoms with Gasteiger partial charge in [-0.2, -0.15) is 5.10 Å². The largest absolute Gasteiger partial charge is 0.481 e. The van der Waals surface area contributed by atoms with Crippen LogP contribution in [-0.4, -0.2) is 50.0 Å². The number of hydrogen-bond acceptors (Lipinski definition) is 5. The van der Waals surface area contributed by atoms with Gasteiger partial charge in [-0.25, -0.2) is 4.79 Å². The van der Waals surface area contributed by atoms with E-state index in [1.54, 1.807) is 10.9 Å². The molecular formula is C32H34N4O4. The number of aromatic carboxylic acids is 1. The van der Waals surface area contributed by atoms with Crippen LogP contribution in [-0.2, 0) is 30.6 Å². The van der Waals surface area contributed by atoms with Crippen molar-refractivity contribution in [3.63, 3.8) is 0 Å². The van der Waals surface area contributed by atoms with E-state index in [1.807, 2.05) is 30.5 Å². The summed E-state index contributed by atoms with van der Waals surface area (Å²) >= 11 is 0. The lowest BCUT2D eigenvalue weighted by Crippen LogP contribution is -2.21. The van der Waals surface area contributed by atoms with Crippen LogP contribution in [0.4, 0.5) is 0 Å². The molecular weight excluding hydrogens is 504 g/mol. The van der Waals surface area contributed by atoms with Crippen LogP contribution in [0, 0.1) is 0 Å². The average Bonchev–Trinajstić information content (AvgIpc) is 3.34. The van der Waals surface area contributed by atoms with Crippen molar-refractivity contribution in [2.24, 2.45) is 0 Å². The number of carboxylic acids is 2. The van der Waals surface area contributed by atoms with Gasteiger partial charge in [0.25, 0.3) is 5.97 Å². The molecule has 40 heavy (non-hydrogen) atoms. The van der Waals surface area contributed by atoms with Crippen LogP contribution >= 0.6 is 0 Å². The fourth-order valence-electron chi connectivity index (χ4n) is 4.73. The predicted molar refractivity (Wildman–Crippen MR) is 156 cm³/mol. The van der Waals surface area contributed by atoms with Crippen LogP contribution in [0.2, 0.25) is 0 Å². The quantitative estimate of drug-likeness (QED) is 0.187. The second-order valence-electron chi connectivity index (χ2n) is 9.60. The molecule has 8 heteroatoms. The molecule has 3 N–H and O–H groups in total. The maximum atomic E-state index is 12.0. The minimum Gasteiger partial charge on any atom is -0.481 e. The first-order valence-electron chi connectivity index (χ1n) is 13.4. The third-order valence-electron chi connectivity index (χ3n) is 6.62. The van der Waals surface area contributed by atoms with Crippen molar-refractivity contribution in [2.45, 2.75) is 39.2 Å². The first-order valence-corrected chi connectivity index (χ1v) is 13.4. The normalized spacial score (nSPS) is 11.8. The number of carboxylic acid groups (broad SMARTS) is 2. The molecule has 0 fully saturated rings. The molecule has 8 nitrogen and oxygen atoms in total. The predicted octanol–water partition coefficient (Wildman–Crippen LogP) is 5.23. The third kappa shape index (κ3) is 7.74. The number of benzene rings is 2. The topological polar surface area (TPSA) is 117 Å². The second kappa shape index (κ2) is 14.0. The molecule has 2 aromatic heterocycles. The van der Waals surface area contributed by atoms with E-state index >= 15 is 0 Å². The zero-order chi connectivity index (χ0) is 28.3. The van der Waals surface area contributed by atoms with Crippen LogP contribution in [0.15, 0.2) is 73.1 Å². The monoisotopic (exact) mass is 538 g/mol. The van der Waals surface area contributed by atoms with Gasteiger partial charge in [-0.15, -0.1) is 0 Å². The highest BCUT2D eigenvalue weighted by Crippen LogP contribution is 2.34. The summed E-state index contributed by atoms with van der Waals surface area (Å²) in [6.07, 6.45) is 11.1. The third-order valence-corrected chi connectivity index (χ3v) is 6.62. The molecule has 5 rings (SSSR count). The number of hydrogen-bond donors (Lipinski definition) is 3. The molecule has 0 aliphatic heterocycles. The average molecular weight is 539 g/mol. The molecule has 0 bridgehead atoms. The van der Waals surface area contributed by atoms with E-state index in [9.17, 15) is 9.90 Å². The summed E-state index contributed by atoms with van der Waals surface area (Å²) in [7, 11) is 0. The van der Waals surface area contributed by atoms with Gasteiger partial charge in [0, 0.05) is 37.0 Å². The number of aromatic nitrogens is 3. The van der Waals surface area contributed by atoms with Crippen molar-refractivity contribution < 1.29 is 19.8 Å². The Hall–Kier alpha value is -4.56. The summed E-state index contributed by atoms with van der Waals surface area (Å²) in [5.41, 5.74) is 7.78. The van der Waals surface area contributed by atoms with E-state index in [4.69, 9.17) is 15.0 Å². The summed E-state index contributed by atoms with van der Waals surface area (Å²) in [5, 5.41) is 25.4. The highest BCUT2D eigenvalue weighted by atomic mass is 16.4. The van der Waals surface area contributed by atoms with E-state index in [1.165, 1.54) is 16.7 Å². The maximum absolute atomic E-state index is 12.0. The van der Waals surface area contributed by atoms with Crippen LogP contribution in [0.3, 0.4) is 0 Å². The molecule has 206 valence electrons. The van der Waals surface area contributed by atoms with E-state index in [0.717, 1.165) is 61.7 Å². The van der Waals surface area contributed by atoms with Gasteiger partial charge >= 0.3 is 5.97 Å². The molecule has 4 aromatic rings. The van der Waals surface area contributed by atoms with Gasteiger partial charge in [0.1, 0.15) is 5.69 Å². The Morgan fingerprint density at radius 2 is 1.65 bits per heavy atom. The number of aliphatic carboxylic acids is 1. The number of carbonyl (C=O) groups is 2. The Labute approximate surface area is 234 Å². The Morgan fingerprint density at radius 3 is 2.35 bits per heavy atom. The molecule has 0 radical (unpaired) electrons. The van der Waals surface area contributed by atoms with Crippen LogP contribution < -0.4 is 5.32 Å². The minimum absolute atomic E-state index is 0.328. The number of pyridine rings is 1. The molecule has 0 saturated heterocycles. The van der Waals surface area contributed by atoms with E-state index < -0.39 is 11.9 Å². The lowest BCUT2D eigenvalue weighted by molar-refractivity contribution is -0.134. The molecule has 0 atom stereocenters. The summed E-state index contributed by atoms with van der Waals surface area (Å²) in [5.74, 6) is -1.74. The molecule has 2 aromatic carbocycles. The summed E-state index contributed by atoms with van der Waals surface area (Å²) < 4.78 is 1.67. The lowest BCUT2D eigenvalue weighted by Gasteiger charge is -2.14. The first-order chi connectivity index (χ1) is 19.4. The van der Waals surface area contributed by atoms with Crippen molar-refractivity contribution >= 4 is 24.1 Å².